The molecule has 3 rings (SSSR count). The van der Waals surface area contributed by atoms with E-state index < -0.39 is 11.5 Å². The minimum atomic E-state index is -0.641. The predicted molar refractivity (Wildman–Crippen MR) is 78.7 cm³/mol. The number of carbonyl (C=O) groups is 1. The zero-order chi connectivity index (χ0) is 14.3. The second kappa shape index (κ2) is 5.30. The predicted octanol–water partition coefficient (Wildman–Crippen LogP) is 2.09. The number of piperidine rings is 1. The van der Waals surface area contributed by atoms with Gasteiger partial charge in [-0.25, -0.2) is 0 Å². The molecule has 0 amide bonds. The molecule has 4 heteroatoms. The monoisotopic (exact) mass is 280 g/mol. The molecule has 114 valence electrons. The van der Waals surface area contributed by atoms with Gasteiger partial charge in [-0.15, -0.1) is 0 Å². The highest BCUT2D eigenvalue weighted by Gasteiger charge is 2.49. The maximum atomic E-state index is 11.8. The Kier molecular flexibility index (Phi) is 3.80. The number of nitrogens with zero attached hydrogens (tertiary/aromatic N) is 1. The van der Waals surface area contributed by atoms with Gasteiger partial charge in [-0.2, -0.15) is 0 Å². The Hall–Kier alpha value is -0.610. The van der Waals surface area contributed by atoms with Crippen LogP contribution >= 0.6 is 0 Å². The number of carboxylic acid groups (broad SMARTS) is 1. The van der Waals surface area contributed by atoms with E-state index in [4.69, 9.17) is 0 Å². The van der Waals surface area contributed by atoms with E-state index in [1.807, 2.05) is 0 Å². The third-order valence-corrected chi connectivity index (χ3v) is 5.84. The maximum Gasteiger partial charge on any atom is 0.323 e. The van der Waals surface area contributed by atoms with Gasteiger partial charge < -0.3 is 10.0 Å². The lowest BCUT2D eigenvalue weighted by Gasteiger charge is -2.39. The average Bonchev–Trinajstić information content (AvgIpc) is 3.10. The van der Waals surface area contributed by atoms with Crippen LogP contribution in [0.15, 0.2) is 0 Å². The third kappa shape index (κ3) is 2.73. The van der Waals surface area contributed by atoms with Crippen LogP contribution in [0.5, 0.6) is 0 Å². The molecule has 0 aromatic rings. The Bertz CT molecular complexity index is 383. The smallest absolute Gasteiger partial charge is 0.323 e. The summed E-state index contributed by atoms with van der Waals surface area (Å²) in [5.74, 6) is 0.909. The standard InChI is InChI=1S/C16H28N2O2/c1-11-6-8-18(10-12(11)2)14-5-7-16(9-14,15(19)20)17-13-3-4-13/h11-14,17H,3-10H2,1-2H3,(H,19,20). The molecule has 0 aromatic heterocycles. The van der Waals surface area contributed by atoms with E-state index in [2.05, 4.69) is 24.1 Å². The van der Waals surface area contributed by atoms with Crippen LogP contribution in [0, 0.1) is 11.8 Å². The molecule has 1 saturated heterocycles. The van der Waals surface area contributed by atoms with Crippen molar-refractivity contribution < 1.29 is 9.90 Å². The number of nitrogens with one attached hydrogen (secondary N) is 1. The van der Waals surface area contributed by atoms with E-state index in [0.29, 0.717) is 12.1 Å². The Balaban J connectivity index is 1.63. The zero-order valence-corrected chi connectivity index (χ0v) is 12.8. The van der Waals surface area contributed by atoms with Crippen molar-refractivity contribution in [1.29, 1.82) is 0 Å². The first-order chi connectivity index (χ1) is 9.50. The van der Waals surface area contributed by atoms with Crippen molar-refractivity contribution in [3.63, 3.8) is 0 Å². The van der Waals surface area contributed by atoms with E-state index in [1.54, 1.807) is 0 Å². The lowest BCUT2D eigenvalue weighted by molar-refractivity contribution is -0.145. The fraction of sp³-hybridized carbons (Fsp3) is 0.938. The summed E-state index contributed by atoms with van der Waals surface area (Å²) >= 11 is 0. The first-order valence-electron chi connectivity index (χ1n) is 8.25. The third-order valence-electron chi connectivity index (χ3n) is 5.84. The summed E-state index contributed by atoms with van der Waals surface area (Å²) in [4.78, 5) is 14.3. The van der Waals surface area contributed by atoms with Crippen LogP contribution in [0.3, 0.4) is 0 Å². The molecule has 2 N–H and O–H groups in total. The lowest BCUT2D eigenvalue weighted by atomic mass is 9.87. The summed E-state index contributed by atoms with van der Waals surface area (Å²) in [6.45, 7) is 6.96. The van der Waals surface area contributed by atoms with Crippen LogP contribution in [0.25, 0.3) is 0 Å². The van der Waals surface area contributed by atoms with Crippen molar-refractivity contribution in [2.45, 2.75) is 70.0 Å². The normalized spacial score (nSPS) is 42.8. The molecule has 20 heavy (non-hydrogen) atoms. The van der Waals surface area contributed by atoms with Gasteiger partial charge in [0.2, 0.25) is 0 Å². The Morgan fingerprint density at radius 1 is 1.20 bits per heavy atom. The second-order valence-corrected chi connectivity index (χ2v) is 7.44. The summed E-state index contributed by atoms with van der Waals surface area (Å²) < 4.78 is 0. The van der Waals surface area contributed by atoms with Gasteiger partial charge in [-0.05, 0) is 56.9 Å². The van der Waals surface area contributed by atoms with E-state index in [1.165, 1.54) is 6.42 Å². The van der Waals surface area contributed by atoms with Crippen molar-refractivity contribution in [1.82, 2.24) is 10.2 Å². The van der Waals surface area contributed by atoms with Crippen LogP contribution < -0.4 is 5.32 Å². The SMILES string of the molecule is CC1CCN(C2CCC(NC3CC3)(C(=O)O)C2)CC1C. The quantitative estimate of drug-likeness (QED) is 0.828. The molecule has 1 aliphatic heterocycles. The van der Waals surface area contributed by atoms with Gasteiger partial charge in [-0.1, -0.05) is 13.8 Å². The second-order valence-electron chi connectivity index (χ2n) is 7.44. The first kappa shape index (κ1) is 14.3. The minimum absolute atomic E-state index is 0.463. The van der Waals surface area contributed by atoms with Gasteiger partial charge >= 0.3 is 5.97 Å². The summed E-state index contributed by atoms with van der Waals surface area (Å²) in [7, 11) is 0. The molecule has 4 unspecified atom stereocenters. The highest BCUT2D eigenvalue weighted by molar-refractivity contribution is 5.79. The molecule has 4 atom stereocenters. The minimum Gasteiger partial charge on any atom is -0.480 e. The van der Waals surface area contributed by atoms with Crippen LogP contribution in [-0.2, 0) is 4.79 Å². The zero-order valence-electron chi connectivity index (χ0n) is 12.8. The Morgan fingerprint density at radius 3 is 2.55 bits per heavy atom. The van der Waals surface area contributed by atoms with E-state index in [0.717, 1.165) is 57.0 Å². The van der Waals surface area contributed by atoms with Crippen LogP contribution in [0.4, 0.5) is 0 Å². The maximum absolute atomic E-state index is 11.8. The highest BCUT2D eigenvalue weighted by atomic mass is 16.4. The average molecular weight is 280 g/mol. The van der Waals surface area contributed by atoms with E-state index >= 15 is 0 Å². The van der Waals surface area contributed by atoms with Crippen LogP contribution in [0.2, 0.25) is 0 Å². The lowest BCUT2D eigenvalue weighted by Crippen LogP contribution is -2.53. The van der Waals surface area contributed by atoms with Crippen molar-refractivity contribution in [2.24, 2.45) is 11.8 Å². The molecule has 3 aliphatic rings. The van der Waals surface area contributed by atoms with Crippen molar-refractivity contribution in [3.05, 3.63) is 0 Å². The number of hydrogen-bond donors (Lipinski definition) is 2. The number of aliphatic carboxylic acids is 1. The number of carboxylic acids is 1. The van der Waals surface area contributed by atoms with Gasteiger partial charge in [0.25, 0.3) is 0 Å². The number of rotatable bonds is 4. The highest BCUT2D eigenvalue weighted by Crippen LogP contribution is 2.38. The van der Waals surface area contributed by atoms with E-state index in [-0.39, 0.29) is 0 Å². The summed E-state index contributed by atoms with van der Waals surface area (Å²) in [5.41, 5.74) is -0.641. The molecular formula is C16H28N2O2. The largest absolute Gasteiger partial charge is 0.480 e. The van der Waals surface area contributed by atoms with E-state index in [9.17, 15) is 9.90 Å². The van der Waals surface area contributed by atoms with Crippen molar-refractivity contribution in [2.75, 3.05) is 13.1 Å². The van der Waals surface area contributed by atoms with Gasteiger partial charge in [-0.3, -0.25) is 10.1 Å². The van der Waals surface area contributed by atoms with Gasteiger partial charge in [0.1, 0.15) is 5.54 Å². The molecule has 1 heterocycles. The molecule has 0 bridgehead atoms. The van der Waals surface area contributed by atoms with Gasteiger partial charge in [0, 0.05) is 18.6 Å². The molecule has 0 spiro atoms. The van der Waals surface area contributed by atoms with Gasteiger partial charge in [0.15, 0.2) is 0 Å². The van der Waals surface area contributed by atoms with Gasteiger partial charge in [0.05, 0.1) is 0 Å². The topological polar surface area (TPSA) is 52.6 Å². The molecular weight excluding hydrogens is 252 g/mol. The fourth-order valence-corrected chi connectivity index (χ4v) is 3.96. The molecule has 2 aliphatic carbocycles. The van der Waals surface area contributed by atoms with Crippen molar-refractivity contribution >= 4 is 5.97 Å². The fourth-order valence-electron chi connectivity index (χ4n) is 3.96. The van der Waals surface area contributed by atoms with Crippen LogP contribution in [0.1, 0.15) is 52.4 Å². The number of likely N-dealkylation sites (tertiary alicyclic amines) is 1. The summed E-state index contributed by atoms with van der Waals surface area (Å²) in [6.07, 6.45) is 6.18. The Labute approximate surface area is 121 Å². The molecule has 0 radical (unpaired) electrons. The first-order valence-corrected chi connectivity index (χ1v) is 8.25. The summed E-state index contributed by atoms with van der Waals surface area (Å²) in [5, 5.41) is 13.1. The van der Waals surface area contributed by atoms with Crippen molar-refractivity contribution in [3.8, 4) is 0 Å². The molecule has 4 nitrogen and oxygen atoms in total. The Morgan fingerprint density at radius 2 is 1.95 bits per heavy atom. The molecule has 2 saturated carbocycles. The number of hydrogen-bond acceptors (Lipinski definition) is 3. The molecule has 3 fully saturated rings. The summed E-state index contributed by atoms with van der Waals surface area (Å²) in [6, 6.07) is 0.928. The molecule has 0 aromatic carbocycles. The van der Waals surface area contributed by atoms with Crippen LogP contribution in [-0.4, -0.2) is 46.7 Å².